The molecule has 0 radical (unpaired) electrons. The van der Waals surface area contributed by atoms with E-state index in [1.165, 1.54) is 30.3 Å². The van der Waals surface area contributed by atoms with E-state index in [1.54, 1.807) is 0 Å². The average Bonchev–Trinajstić information content (AvgIpc) is 2.36. The smallest absolute Gasteiger partial charge is 0.141 e. The van der Waals surface area contributed by atoms with Crippen molar-refractivity contribution in [1.82, 2.24) is 0 Å². The van der Waals surface area contributed by atoms with E-state index in [9.17, 15) is 13.0 Å². The third-order valence-corrected chi connectivity index (χ3v) is 4.16. The molecule has 2 aromatic rings. The van der Waals surface area contributed by atoms with Gasteiger partial charge in [0.1, 0.15) is 11.6 Å². The van der Waals surface area contributed by atoms with E-state index in [0.29, 0.717) is 10.6 Å². The second-order valence-electron chi connectivity index (χ2n) is 3.92. The summed E-state index contributed by atoms with van der Waals surface area (Å²) in [4.78, 5) is 0.350. The number of hydrogen-bond acceptors (Lipinski definition) is 2. The molecule has 2 aromatic carbocycles. The molecule has 0 heterocycles. The molecule has 0 aliphatic carbocycles. The van der Waals surface area contributed by atoms with Crippen molar-refractivity contribution in [1.29, 1.82) is 0 Å². The number of halogens is 3. The highest BCUT2D eigenvalue weighted by atomic mass is 35.5. The zero-order valence-corrected chi connectivity index (χ0v) is 11.3. The molecular formula is C13H10ClF2NOS. The molecule has 0 saturated carbocycles. The summed E-state index contributed by atoms with van der Waals surface area (Å²) in [6, 6.07) is 7.97. The minimum Gasteiger partial charge on any atom is -0.399 e. The molecule has 1 unspecified atom stereocenters. The van der Waals surface area contributed by atoms with Gasteiger partial charge < -0.3 is 5.73 Å². The maximum Gasteiger partial charge on any atom is 0.141 e. The Kier molecular flexibility index (Phi) is 4.17. The van der Waals surface area contributed by atoms with Crippen LogP contribution in [-0.2, 0) is 16.6 Å². The van der Waals surface area contributed by atoms with Gasteiger partial charge in [0.15, 0.2) is 0 Å². The van der Waals surface area contributed by atoms with Crippen LogP contribution in [0.4, 0.5) is 14.5 Å². The Balaban J connectivity index is 2.23. The normalized spacial score (nSPS) is 12.4. The molecule has 0 saturated heterocycles. The molecule has 2 nitrogen and oxygen atoms in total. The topological polar surface area (TPSA) is 43.1 Å². The monoisotopic (exact) mass is 301 g/mol. The molecule has 19 heavy (non-hydrogen) atoms. The molecule has 6 heteroatoms. The highest BCUT2D eigenvalue weighted by molar-refractivity contribution is 7.84. The Hall–Kier alpha value is -1.46. The second kappa shape index (κ2) is 5.67. The van der Waals surface area contributed by atoms with Crippen LogP contribution < -0.4 is 5.73 Å². The van der Waals surface area contributed by atoms with Crippen LogP contribution in [0.2, 0.25) is 5.02 Å². The van der Waals surface area contributed by atoms with Crippen molar-refractivity contribution in [3.8, 4) is 0 Å². The predicted octanol–water partition coefficient (Wildman–Crippen LogP) is 3.51. The largest absolute Gasteiger partial charge is 0.399 e. The third kappa shape index (κ3) is 3.30. The first-order valence-corrected chi connectivity index (χ1v) is 7.04. The van der Waals surface area contributed by atoms with E-state index in [2.05, 4.69) is 0 Å². The molecule has 0 aliphatic rings. The fraction of sp³-hybridized carbons (Fsp3) is 0.0769. The van der Waals surface area contributed by atoms with Crippen molar-refractivity contribution in [3.05, 3.63) is 58.6 Å². The highest BCUT2D eigenvalue weighted by Gasteiger charge is 2.11. The van der Waals surface area contributed by atoms with Crippen LogP contribution >= 0.6 is 11.6 Å². The Bertz CT molecular complexity index is 649. The van der Waals surface area contributed by atoms with Gasteiger partial charge in [-0.05, 0) is 30.3 Å². The lowest BCUT2D eigenvalue weighted by Gasteiger charge is -2.05. The lowest BCUT2D eigenvalue weighted by molar-refractivity contribution is 0.615. The molecule has 0 fully saturated rings. The molecular weight excluding hydrogens is 292 g/mol. The Morgan fingerprint density at radius 1 is 1.11 bits per heavy atom. The zero-order valence-electron chi connectivity index (χ0n) is 9.70. The van der Waals surface area contributed by atoms with Gasteiger partial charge in [-0.2, -0.15) is 0 Å². The summed E-state index contributed by atoms with van der Waals surface area (Å²) in [6.45, 7) is 0. The first-order chi connectivity index (χ1) is 8.97. The summed E-state index contributed by atoms with van der Waals surface area (Å²) in [5, 5.41) is -0.108. The van der Waals surface area contributed by atoms with Crippen LogP contribution in [-0.4, -0.2) is 4.21 Å². The van der Waals surface area contributed by atoms with Crippen LogP contribution in [0.15, 0.2) is 41.3 Å². The Labute approximate surface area is 116 Å². The fourth-order valence-electron chi connectivity index (χ4n) is 1.52. The summed E-state index contributed by atoms with van der Waals surface area (Å²) < 4.78 is 38.6. The lowest BCUT2D eigenvalue weighted by Crippen LogP contribution is -2.00. The van der Waals surface area contributed by atoms with Crippen molar-refractivity contribution < 1.29 is 13.0 Å². The summed E-state index contributed by atoms with van der Waals surface area (Å²) >= 11 is 5.61. The number of benzene rings is 2. The quantitative estimate of drug-likeness (QED) is 0.882. The summed E-state index contributed by atoms with van der Waals surface area (Å²) in [7, 11) is -1.50. The predicted molar refractivity (Wildman–Crippen MR) is 72.3 cm³/mol. The van der Waals surface area contributed by atoms with Gasteiger partial charge in [-0.15, -0.1) is 0 Å². The maximum atomic E-state index is 13.6. The van der Waals surface area contributed by atoms with E-state index >= 15 is 0 Å². The first kappa shape index (κ1) is 14.0. The summed E-state index contributed by atoms with van der Waals surface area (Å²) in [6.07, 6.45) is 0. The number of nitrogen functional groups attached to an aromatic ring is 1. The van der Waals surface area contributed by atoms with E-state index in [1.807, 2.05) is 0 Å². The molecule has 0 aliphatic heterocycles. The minimum absolute atomic E-state index is 0.0198. The van der Waals surface area contributed by atoms with Crippen molar-refractivity contribution in [3.63, 3.8) is 0 Å². The van der Waals surface area contributed by atoms with Crippen LogP contribution in [0.3, 0.4) is 0 Å². The van der Waals surface area contributed by atoms with Crippen molar-refractivity contribution in [2.24, 2.45) is 0 Å². The van der Waals surface area contributed by atoms with Gasteiger partial charge in [0.2, 0.25) is 0 Å². The van der Waals surface area contributed by atoms with Gasteiger partial charge in [-0.25, -0.2) is 8.78 Å². The van der Waals surface area contributed by atoms with Gasteiger partial charge in [-0.1, -0.05) is 17.7 Å². The van der Waals surface area contributed by atoms with Crippen LogP contribution in [0.5, 0.6) is 0 Å². The first-order valence-electron chi connectivity index (χ1n) is 5.34. The molecule has 0 amide bonds. The number of anilines is 1. The van der Waals surface area contributed by atoms with Crippen LogP contribution in [0.25, 0.3) is 0 Å². The fourth-order valence-corrected chi connectivity index (χ4v) is 2.92. The van der Waals surface area contributed by atoms with E-state index in [0.717, 1.165) is 6.07 Å². The van der Waals surface area contributed by atoms with Crippen LogP contribution in [0, 0.1) is 11.6 Å². The van der Waals surface area contributed by atoms with E-state index < -0.39 is 22.4 Å². The number of hydrogen-bond donors (Lipinski definition) is 1. The van der Waals surface area contributed by atoms with Gasteiger partial charge in [0, 0.05) is 16.1 Å². The SMILES string of the molecule is Nc1ccc(CS(=O)c2ccc(F)c(Cl)c2)c(F)c1. The molecule has 100 valence electrons. The highest BCUT2D eigenvalue weighted by Crippen LogP contribution is 2.21. The Morgan fingerprint density at radius 2 is 1.84 bits per heavy atom. The molecule has 0 spiro atoms. The van der Waals surface area contributed by atoms with Crippen molar-refractivity contribution in [2.45, 2.75) is 10.6 Å². The standard InChI is InChI=1S/C13H10ClF2NOS/c14-11-6-10(3-4-12(11)15)19(18)7-8-1-2-9(17)5-13(8)16/h1-6H,7,17H2. The van der Waals surface area contributed by atoms with Crippen molar-refractivity contribution in [2.75, 3.05) is 5.73 Å². The van der Waals surface area contributed by atoms with Gasteiger partial charge in [-0.3, -0.25) is 4.21 Å². The third-order valence-electron chi connectivity index (χ3n) is 2.52. The Morgan fingerprint density at radius 3 is 2.47 bits per heavy atom. The molecule has 0 bridgehead atoms. The number of nitrogens with two attached hydrogens (primary N) is 1. The molecule has 2 N–H and O–H groups in total. The minimum atomic E-state index is -1.50. The van der Waals surface area contributed by atoms with Crippen molar-refractivity contribution >= 4 is 28.1 Å². The molecule has 1 atom stereocenters. The second-order valence-corrected chi connectivity index (χ2v) is 5.77. The van der Waals surface area contributed by atoms with E-state index in [4.69, 9.17) is 17.3 Å². The molecule has 2 rings (SSSR count). The number of rotatable bonds is 3. The average molecular weight is 302 g/mol. The van der Waals surface area contributed by atoms with Crippen LogP contribution in [0.1, 0.15) is 5.56 Å². The van der Waals surface area contributed by atoms with Gasteiger partial charge in [0.05, 0.1) is 21.6 Å². The zero-order chi connectivity index (χ0) is 14.0. The summed E-state index contributed by atoms with van der Waals surface area (Å²) in [5.41, 5.74) is 6.02. The molecule has 0 aromatic heterocycles. The van der Waals surface area contributed by atoms with E-state index in [-0.39, 0.29) is 16.3 Å². The maximum absolute atomic E-state index is 13.6. The van der Waals surface area contributed by atoms with Gasteiger partial charge >= 0.3 is 0 Å². The lowest BCUT2D eigenvalue weighted by atomic mass is 10.2. The summed E-state index contributed by atoms with van der Waals surface area (Å²) in [5.74, 6) is -1.11. The van der Waals surface area contributed by atoms with Gasteiger partial charge in [0.25, 0.3) is 0 Å².